The highest BCUT2D eigenvalue weighted by molar-refractivity contribution is 5.91. The molecule has 3 aromatic rings. The van der Waals surface area contributed by atoms with Gasteiger partial charge < -0.3 is 14.2 Å². The summed E-state index contributed by atoms with van der Waals surface area (Å²) in [6.07, 6.45) is 7.62. The van der Waals surface area contributed by atoms with Crippen LogP contribution in [0.3, 0.4) is 0 Å². The summed E-state index contributed by atoms with van der Waals surface area (Å²) in [6.45, 7) is 6.87. The van der Waals surface area contributed by atoms with Crippen LogP contribution in [0.25, 0.3) is 11.1 Å². The van der Waals surface area contributed by atoms with E-state index in [0.717, 1.165) is 32.3 Å². The van der Waals surface area contributed by atoms with Crippen LogP contribution in [0.2, 0.25) is 0 Å². The van der Waals surface area contributed by atoms with Gasteiger partial charge in [0.2, 0.25) is 0 Å². The van der Waals surface area contributed by atoms with E-state index in [1.54, 1.807) is 30.3 Å². The number of hydrogen-bond donors (Lipinski definition) is 0. The van der Waals surface area contributed by atoms with Gasteiger partial charge in [0.1, 0.15) is 17.3 Å². The van der Waals surface area contributed by atoms with Crippen molar-refractivity contribution in [1.82, 2.24) is 0 Å². The molecule has 1 aliphatic rings. The average Bonchev–Trinajstić information content (AvgIpc) is 2.96. The molecule has 0 bridgehead atoms. The summed E-state index contributed by atoms with van der Waals surface area (Å²) in [5, 5.41) is 0. The van der Waals surface area contributed by atoms with Crippen molar-refractivity contribution in [3.05, 3.63) is 95.8 Å². The van der Waals surface area contributed by atoms with Crippen molar-refractivity contribution < 1.29 is 32.2 Å². The fraction of sp³-hybridized carbons (Fsp3) is 0.364. The van der Waals surface area contributed by atoms with Crippen LogP contribution >= 0.6 is 0 Å². The van der Waals surface area contributed by atoms with Crippen LogP contribution in [0.1, 0.15) is 73.7 Å². The van der Waals surface area contributed by atoms with Crippen molar-refractivity contribution in [2.45, 2.75) is 63.9 Å². The minimum absolute atomic E-state index is 0.119. The first-order chi connectivity index (χ1) is 19.4. The molecule has 1 saturated carbocycles. The Labute approximate surface area is 233 Å². The van der Waals surface area contributed by atoms with Crippen molar-refractivity contribution in [3.63, 3.8) is 0 Å². The summed E-state index contributed by atoms with van der Waals surface area (Å²) in [5.41, 5.74) is 0.714. The molecule has 0 radical (unpaired) electrons. The number of esters is 1. The lowest BCUT2D eigenvalue weighted by atomic mass is 9.82. The number of carbonyl (C=O) groups is 1. The van der Waals surface area contributed by atoms with E-state index in [1.165, 1.54) is 30.3 Å². The van der Waals surface area contributed by atoms with E-state index in [1.807, 2.05) is 0 Å². The number of benzene rings is 3. The molecule has 212 valence electrons. The van der Waals surface area contributed by atoms with E-state index in [2.05, 4.69) is 13.5 Å². The van der Waals surface area contributed by atoms with Crippen molar-refractivity contribution in [2.75, 3.05) is 13.2 Å². The fourth-order valence-corrected chi connectivity index (χ4v) is 4.92. The number of carbonyl (C=O) groups excluding carboxylic acids is 1. The third-order valence-corrected chi connectivity index (χ3v) is 7.20. The molecule has 0 unspecified atom stereocenters. The summed E-state index contributed by atoms with van der Waals surface area (Å²) >= 11 is 0. The first kappa shape index (κ1) is 29.4. The van der Waals surface area contributed by atoms with Crippen molar-refractivity contribution in [1.29, 1.82) is 0 Å². The molecule has 0 aromatic heterocycles. The van der Waals surface area contributed by atoms with Crippen LogP contribution in [-0.2, 0) is 4.74 Å². The molecular weight excluding hydrogens is 517 g/mol. The molecule has 0 spiro atoms. The number of ether oxygens (including phenoxy) is 3. The van der Waals surface area contributed by atoms with Crippen molar-refractivity contribution in [3.8, 4) is 22.6 Å². The maximum Gasteiger partial charge on any atom is 0.346 e. The lowest BCUT2D eigenvalue weighted by Crippen LogP contribution is -2.22. The standard InChI is InChI=1S/C33H35F3O4/c1-3-5-19-38-24-11-7-23(8-12-24)28-17-18-29(32(36)31(28)35)33(37)40-25-13-9-22(10-14-25)27-16-15-26(21-30(27)34)39-20-6-4-2/h4,9-10,13-18,21,23-24H,2-3,5-8,11-12,19-20H2,1H3. The second kappa shape index (κ2) is 14.2. The Morgan fingerprint density at radius 1 is 0.925 bits per heavy atom. The molecule has 1 aliphatic carbocycles. The van der Waals surface area contributed by atoms with Gasteiger partial charge in [-0.25, -0.2) is 18.0 Å². The van der Waals surface area contributed by atoms with E-state index < -0.39 is 29.0 Å². The molecule has 0 amide bonds. The third kappa shape index (κ3) is 7.33. The number of unbranched alkanes of at least 4 members (excludes halogenated alkanes) is 1. The molecule has 40 heavy (non-hydrogen) atoms. The lowest BCUT2D eigenvalue weighted by molar-refractivity contribution is 0.0230. The zero-order valence-electron chi connectivity index (χ0n) is 22.8. The van der Waals surface area contributed by atoms with E-state index in [9.17, 15) is 13.6 Å². The summed E-state index contributed by atoms with van der Waals surface area (Å²) in [6, 6.07) is 13.5. The Morgan fingerprint density at radius 2 is 1.65 bits per heavy atom. The third-order valence-electron chi connectivity index (χ3n) is 7.20. The Balaban J connectivity index is 1.37. The zero-order valence-corrected chi connectivity index (χ0v) is 22.8. The van der Waals surface area contributed by atoms with Gasteiger partial charge in [-0.15, -0.1) is 6.58 Å². The minimum atomic E-state index is -1.21. The monoisotopic (exact) mass is 552 g/mol. The van der Waals surface area contributed by atoms with Gasteiger partial charge in [-0.05, 0) is 85.9 Å². The van der Waals surface area contributed by atoms with Crippen LogP contribution in [0.4, 0.5) is 13.2 Å². The summed E-state index contributed by atoms with van der Waals surface area (Å²) < 4.78 is 61.3. The van der Waals surface area contributed by atoms with E-state index in [0.29, 0.717) is 42.7 Å². The number of halogens is 3. The molecule has 4 rings (SSSR count). The SMILES string of the molecule is C=CCCOc1ccc(-c2ccc(OC(=O)c3ccc(C4CCC(OCCCC)CC4)c(F)c3F)cc2)c(F)c1. The Bertz CT molecular complexity index is 1300. The van der Waals surface area contributed by atoms with Gasteiger partial charge in [-0.1, -0.05) is 37.6 Å². The van der Waals surface area contributed by atoms with Crippen molar-refractivity contribution in [2.24, 2.45) is 0 Å². The molecule has 0 heterocycles. The lowest BCUT2D eigenvalue weighted by Gasteiger charge is -2.29. The van der Waals surface area contributed by atoms with E-state index in [4.69, 9.17) is 14.2 Å². The Kier molecular flexibility index (Phi) is 10.4. The number of hydrogen-bond acceptors (Lipinski definition) is 4. The van der Waals surface area contributed by atoms with E-state index in [-0.39, 0.29) is 23.3 Å². The van der Waals surface area contributed by atoms with Crippen LogP contribution in [0.5, 0.6) is 11.5 Å². The highest BCUT2D eigenvalue weighted by Crippen LogP contribution is 2.36. The van der Waals surface area contributed by atoms with Crippen LogP contribution in [0, 0.1) is 17.5 Å². The first-order valence-corrected chi connectivity index (χ1v) is 13.9. The predicted octanol–water partition coefficient (Wildman–Crippen LogP) is 8.79. The predicted molar refractivity (Wildman–Crippen MR) is 149 cm³/mol. The smallest absolute Gasteiger partial charge is 0.346 e. The Hall–Kier alpha value is -3.58. The fourth-order valence-electron chi connectivity index (χ4n) is 4.92. The van der Waals surface area contributed by atoms with Crippen molar-refractivity contribution >= 4 is 5.97 Å². The molecule has 0 saturated heterocycles. The van der Waals surface area contributed by atoms with Gasteiger partial charge in [0, 0.05) is 18.2 Å². The maximum absolute atomic E-state index is 15.0. The van der Waals surface area contributed by atoms with E-state index >= 15 is 4.39 Å². The molecule has 7 heteroatoms. The molecular formula is C33H35F3O4. The van der Waals surface area contributed by atoms with Gasteiger partial charge in [-0.2, -0.15) is 0 Å². The highest BCUT2D eigenvalue weighted by Gasteiger charge is 2.28. The first-order valence-electron chi connectivity index (χ1n) is 13.9. The van der Waals surface area contributed by atoms with Gasteiger partial charge in [0.05, 0.1) is 18.3 Å². The molecule has 1 fully saturated rings. The highest BCUT2D eigenvalue weighted by atomic mass is 19.2. The van der Waals surface area contributed by atoms with Crippen LogP contribution in [-0.4, -0.2) is 25.3 Å². The molecule has 0 N–H and O–H groups in total. The second-order valence-corrected chi connectivity index (χ2v) is 10.0. The minimum Gasteiger partial charge on any atom is -0.493 e. The molecule has 0 aliphatic heterocycles. The number of rotatable bonds is 12. The second-order valence-electron chi connectivity index (χ2n) is 10.0. The largest absolute Gasteiger partial charge is 0.493 e. The Morgan fingerprint density at radius 3 is 2.33 bits per heavy atom. The summed E-state index contributed by atoms with van der Waals surface area (Å²) in [7, 11) is 0. The topological polar surface area (TPSA) is 44.8 Å². The molecule has 4 nitrogen and oxygen atoms in total. The summed E-state index contributed by atoms with van der Waals surface area (Å²) in [4.78, 5) is 12.7. The molecule has 3 aromatic carbocycles. The van der Waals surface area contributed by atoms with Gasteiger partial charge >= 0.3 is 5.97 Å². The maximum atomic E-state index is 15.0. The quantitative estimate of drug-likeness (QED) is 0.0975. The molecule has 0 atom stereocenters. The normalized spacial score (nSPS) is 16.9. The summed E-state index contributed by atoms with van der Waals surface area (Å²) in [5.74, 6) is -3.26. The average molecular weight is 553 g/mol. The van der Waals surface area contributed by atoms with Crippen LogP contribution < -0.4 is 9.47 Å². The van der Waals surface area contributed by atoms with Crippen LogP contribution in [0.15, 0.2) is 67.3 Å². The van der Waals surface area contributed by atoms with Gasteiger partial charge in [0.15, 0.2) is 11.6 Å². The van der Waals surface area contributed by atoms with Gasteiger partial charge in [-0.3, -0.25) is 0 Å². The van der Waals surface area contributed by atoms with Gasteiger partial charge in [0.25, 0.3) is 0 Å². The zero-order chi connectivity index (χ0) is 28.5.